The van der Waals surface area contributed by atoms with Crippen molar-refractivity contribution < 1.29 is 5.11 Å². The second-order valence-corrected chi connectivity index (χ2v) is 4.99. The van der Waals surface area contributed by atoms with Crippen LogP contribution in [0.2, 0.25) is 0 Å². The highest BCUT2D eigenvalue weighted by Crippen LogP contribution is 2.24. The topological polar surface area (TPSA) is 68.0 Å². The van der Waals surface area contributed by atoms with Crippen molar-refractivity contribution in [3.8, 4) is 17.1 Å². The van der Waals surface area contributed by atoms with E-state index in [1.165, 1.54) is 10.6 Å². The Morgan fingerprint density at radius 2 is 2.24 bits per heavy atom. The average molecular weight is 281 g/mol. The lowest BCUT2D eigenvalue weighted by molar-refractivity contribution is 0.461. The molecule has 0 amide bonds. The van der Waals surface area contributed by atoms with Crippen LogP contribution in [0.1, 0.15) is 18.0 Å². The second-order valence-electron chi connectivity index (χ2n) is 4.99. The summed E-state index contributed by atoms with van der Waals surface area (Å²) in [6.45, 7) is 0. The molecule has 21 heavy (non-hydrogen) atoms. The van der Waals surface area contributed by atoms with Crippen LogP contribution in [0.5, 0.6) is 5.75 Å². The summed E-state index contributed by atoms with van der Waals surface area (Å²) in [5, 5.41) is 9.65. The summed E-state index contributed by atoms with van der Waals surface area (Å²) in [4.78, 5) is 20.3. The number of aryl methyl sites for hydroxylation is 1. The average Bonchev–Trinajstić information content (AvgIpc) is 2.53. The lowest BCUT2D eigenvalue weighted by Crippen LogP contribution is -2.15. The van der Waals surface area contributed by atoms with Crippen molar-refractivity contribution in [2.75, 3.05) is 0 Å². The molecule has 106 valence electrons. The van der Waals surface area contributed by atoms with E-state index in [4.69, 9.17) is 0 Å². The zero-order valence-electron chi connectivity index (χ0n) is 11.6. The van der Waals surface area contributed by atoms with Gasteiger partial charge in [0.15, 0.2) is 11.6 Å². The summed E-state index contributed by atoms with van der Waals surface area (Å²) in [6, 6.07) is 3.29. The van der Waals surface area contributed by atoms with E-state index in [0.717, 1.165) is 12.1 Å². The zero-order chi connectivity index (χ0) is 14.8. The first kappa shape index (κ1) is 13.3. The Morgan fingerprint density at radius 1 is 1.38 bits per heavy atom. The van der Waals surface area contributed by atoms with E-state index in [2.05, 4.69) is 22.1 Å². The van der Waals surface area contributed by atoms with Crippen molar-refractivity contribution in [2.45, 2.75) is 12.3 Å². The lowest BCUT2D eigenvalue weighted by atomic mass is 9.97. The number of pyridine rings is 1. The van der Waals surface area contributed by atoms with Gasteiger partial charge < -0.3 is 9.67 Å². The summed E-state index contributed by atoms with van der Waals surface area (Å²) in [7, 11) is 1.59. The Hall–Kier alpha value is -2.69. The van der Waals surface area contributed by atoms with Gasteiger partial charge in [-0.15, -0.1) is 0 Å². The molecule has 1 atom stereocenters. The number of aromatic nitrogens is 3. The van der Waals surface area contributed by atoms with Crippen LogP contribution in [0.25, 0.3) is 11.4 Å². The minimum Gasteiger partial charge on any atom is -0.503 e. The Morgan fingerprint density at radius 3 is 2.95 bits per heavy atom. The van der Waals surface area contributed by atoms with Crippen molar-refractivity contribution in [3.05, 3.63) is 64.9 Å². The van der Waals surface area contributed by atoms with E-state index in [1.54, 1.807) is 19.4 Å². The molecule has 2 aromatic rings. The van der Waals surface area contributed by atoms with Crippen molar-refractivity contribution in [3.63, 3.8) is 0 Å². The first-order valence-electron chi connectivity index (χ1n) is 6.71. The van der Waals surface area contributed by atoms with E-state index in [0.29, 0.717) is 11.4 Å². The highest BCUT2D eigenvalue weighted by molar-refractivity contribution is 5.55. The number of nitrogens with zero attached hydrogens (tertiary/aromatic N) is 3. The second kappa shape index (κ2) is 5.36. The highest BCUT2D eigenvalue weighted by atomic mass is 16.3. The first-order valence-corrected chi connectivity index (χ1v) is 6.71. The smallest absolute Gasteiger partial charge is 0.292 e. The van der Waals surface area contributed by atoms with Crippen molar-refractivity contribution >= 4 is 0 Å². The SMILES string of the molecule is Cn1cc(-c2nccc(C3C=CC=CC3)n2)cc(O)c1=O. The van der Waals surface area contributed by atoms with Crippen LogP contribution in [0, 0.1) is 0 Å². The third-order valence-electron chi connectivity index (χ3n) is 3.46. The van der Waals surface area contributed by atoms with Crippen LogP contribution in [-0.2, 0) is 7.05 Å². The van der Waals surface area contributed by atoms with Gasteiger partial charge in [0.05, 0.1) is 5.69 Å². The van der Waals surface area contributed by atoms with Crippen LogP contribution in [0.15, 0.2) is 53.6 Å². The summed E-state index contributed by atoms with van der Waals surface area (Å²) in [5.74, 6) is 0.434. The lowest BCUT2D eigenvalue weighted by Gasteiger charge is -2.13. The van der Waals surface area contributed by atoms with Gasteiger partial charge in [-0.2, -0.15) is 0 Å². The predicted octanol–water partition coefficient (Wildman–Crippen LogP) is 2.15. The molecule has 0 fully saturated rings. The van der Waals surface area contributed by atoms with Gasteiger partial charge in [-0.05, 0) is 18.6 Å². The molecule has 2 heterocycles. The third kappa shape index (κ3) is 2.63. The Bertz CT molecular complexity index is 764. The fourth-order valence-electron chi connectivity index (χ4n) is 2.33. The molecule has 1 aliphatic carbocycles. The molecule has 0 spiro atoms. The number of hydrogen-bond acceptors (Lipinski definition) is 4. The molecule has 0 saturated carbocycles. The molecular formula is C16H15N3O2. The molecule has 5 nitrogen and oxygen atoms in total. The monoisotopic (exact) mass is 281 g/mol. The largest absolute Gasteiger partial charge is 0.503 e. The van der Waals surface area contributed by atoms with Gasteiger partial charge in [0.25, 0.3) is 5.56 Å². The van der Waals surface area contributed by atoms with Crippen LogP contribution in [-0.4, -0.2) is 19.6 Å². The zero-order valence-corrected chi connectivity index (χ0v) is 11.6. The number of aromatic hydroxyl groups is 1. The molecule has 0 saturated heterocycles. The molecule has 1 N–H and O–H groups in total. The molecule has 1 aliphatic rings. The van der Waals surface area contributed by atoms with Crippen LogP contribution >= 0.6 is 0 Å². The van der Waals surface area contributed by atoms with E-state index in [9.17, 15) is 9.90 Å². The van der Waals surface area contributed by atoms with Crippen molar-refractivity contribution in [1.29, 1.82) is 0 Å². The summed E-state index contributed by atoms with van der Waals surface area (Å²) >= 11 is 0. The van der Waals surface area contributed by atoms with Crippen LogP contribution in [0.3, 0.4) is 0 Å². The fourth-order valence-corrected chi connectivity index (χ4v) is 2.33. The number of hydrogen-bond donors (Lipinski definition) is 1. The highest BCUT2D eigenvalue weighted by Gasteiger charge is 2.13. The Balaban J connectivity index is 2.02. The van der Waals surface area contributed by atoms with Gasteiger partial charge in [-0.1, -0.05) is 24.3 Å². The molecular weight excluding hydrogens is 266 g/mol. The maximum Gasteiger partial charge on any atom is 0.292 e. The standard InChI is InChI=1S/C16H15N3O2/c1-19-10-12(9-14(20)16(19)21)15-17-8-7-13(18-15)11-5-3-2-4-6-11/h2-5,7-11,20H,6H2,1H3. The molecule has 5 heteroatoms. The van der Waals surface area contributed by atoms with Gasteiger partial charge in [0.1, 0.15) is 0 Å². The van der Waals surface area contributed by atoms with Gasteiger partial charge >= 0.3 is 0 Å². The fraction of sp³-hybridized carbons (Fsp3) is 0.188. The van der Waals surface area contributed by atoms with Crippen molar-refractivity contribution in [2.24, 2.45) is 7.05 Å². The predicted molar refractivity (Wildman–Crippen MR) is 80.0 cm³/mol. The molecule has 0 aromatic carbocycles. The van der Waals surface area contributed by atoms with Gasteiger partial charge in [0.2, 0.25) is 0 Å². The van der Waals surface area contributed by atoms with Gasteiger partial charge in [-0.3, -0.25) is 4.79 Å². The number of allylic oxidation sites excluding steroid dienone is 4. The normalized spacial score (nSPS) is 17.1. The summed E-state index contributed by atoms with van der Waals surface area (Å²) in [5.41, 5.74) is 1.11. The molecule has 0 aliphatic heterocycles. The van der Waals surface area contributed by atoms with Crippen LogP contribution in [0.4, 0.5) is 0 Å². The van der Waals surface area contributed by atoms with Gasteiger partial charge in [0, 0.05) is 30.9 Å². The molecule has 2 aromatic heterocycles. The van der Waals surface area contributed by atoms with Gasteiger partial charge in [-0.25, -0.2) is 9.97 Å². The van der Waals surface area contributed by atoms with Crippen LogP contribution < -0.4 is 5.56 Å². The minimum atomic E-state index is -0.435. The molecule has 1 unspecified atom stereocenters. The molecule has 0 radical (unpaired) electrons. The van der Waals surface area contributed by atoms with E-state index >= 15 is 0 Å². The quantitative estimate of drug-likeness (QED) is 0.915. The Kier molecular flexibility index (Phi) is 3.39. The maximum atomic E-state index is 11.5. The van der Waals surface area contributed by atoms with Crippen molar-refractivity contribution in [1.82, 2.24) is 14.5 Å². The van der Waals surface area contributed by atoms with E-state index in [1.807, 2.05) is 18.2 Å². The van der Waals surface area contributed by atoms with E-state index in [-0.39, 0.29) is 11.7 Å². The minimum absolute atomic E-state index is 0.234. The third-order valence-corrected chi connectivity index (χ3v) is 3.46. The Labute approximate surface area is 121 Å². The summed E-state index contributed by atoms with van der Waals surface area (Å²) in [6.07, 6.45) is 12.5. The summed E-state index contributed by atoms with van der Waals surface area (Å²) < 4.78 is 1.32. The number of rotatable bonds is 2. The molecule has 3 rings (SSSR count). The first-order chi connectivity index (χ1) is 10.1. The maximum absolute atomic E-state index is 11.5. The van der Waals surface area contributed by atoms with E-state index < -0.39 is 5.56 Å². The molecule has 0 bridgehead atoms.